The van der Waals surface area contributed by atoms with E-state index in [9.17, 15) is 0 Å². The molecule has 10 aromatic rings. The van der Waals surface area contributed by atoms with Crippen molar-refractivity contribution in [3.8, 4) is 45.0 Å². The molecule has 4 nitrogen and oxygen atoms in total. The molecule has 0 N–H and O–H groups in total. The van der Waals surface area contributed by atoms with Crippen LogP contribution in [0.15, 0.2) is 170 Å². The van der Waals surface area contributed by atoms with Crippen molar-refractivity contribution in [2.75, 3.05) is 0 Å². The second-order valence-electron chi connectivity index (χ2n) is 13.4. The first kappa shape index (κ1) is 28.1. The van der Waals surface area contributed by atoms with E-state index in [-0.39, 0.29) is 0 Å². The van der Waals surface area contributed by atoms with E-state index in [2.05, 4.69) is 173 Å². The molecular formula is C47H30N4. The SMILES string of the molecule is c1ccc(-c2ccc(-n3c4ccccc4c4ccc(-c5ccc6c(c5)c5ccccc5n6-c5ncnc6c5Cc5ccccc5-6)cc43)cc2)cc1. The van der Waals surface area contributed by atoms with Gasteiger partial charge in [0.25, 0.3) is 0 Å². The van der Waals surface area contributed by atoms with E-state index in [1.54, 1.807) is 6.33 Å². The van der Waals surface area contributed by atoms with Gasteiger partial charge in [0.2, 0.25) is 0 Å². The van der Waals surface area contributed by atoms with E-state index in [0.29, 0.717) is 0 Å². The molecular weight excluding hydrogens is 621 g/mol. The van der Waals surface area contributed by atoms with Crippen LogP contribution in [0.3, 0.4) is 0 Å². The molecule has 11 rings (SSSR count). The summed E-state index contributed by atoms with van der Waals surface area (Å²) in [5.74, 6) is 0.958. The minimum Gasteiger partial charge on any atom is -0.309 e. The molecule has 0 spiro atoms. The van der Waals surface area contributed by atoms with Gasteiger partial charge < -0.3 is 4.57 Å². The maximum Gasteiger partial charge on any atom is 0.145 e. The third kappa shape index (κ3) is 4.20. The van der Waals surface area contributed by atoms with Gasteiger partial charge in [-0.1, -0.05) is 121 Å². The molecule has 51 heavy (non-hydrogen) atoms. The van der Waals surface area contributed by atoms with Crippen LogP contribution < -0.4 is 0 Å². The van der Waals surface area contributed by atoms with Gasteiger partial charge in [0.1, 0.15) is 12.1 Å². The monoisotopic (exact) mass is 650 g/mol. The highest BCUT2D eigenvalue weighted by Crippen LogP contribution is 2.41. The van der Waals surface area contributed by atoms with Gasteiger partial charge in [-0.05, 0) is 70.3 Å². The molecule has 4 heteroatoms. The van der Waals surface area contributed by atoms with Crippen LogP contribution in [0, 0.1) is 0 Å². The smallest absolute Gasteiger partial charge is 0.145 e. The molecule has 3 heterocycles. The Morgan fingerprint density at radius 1 is 0.412 bits per heavy atom. The van der Waals surface area contributed by atoms with Crippen molar-refractivity contribution in [3.05, 3.63) is 181 Å². The van der Waals surface area contributed by atoms with Crippen LogP contribution in [0.4, 0.5) is 0 Å². The van der Waals surface area contributed by atoms with E-state index < -0.39 is 0 Å². The number of hydrogen-bond acceptors (Lipinski definition) is 2. The average molecular weight is 651 g/mol. The number of benzene rings is 7. The zero-order valence-corrected chi connectivity index (χ0v) is 27.7. The fourth-order valence-corrected chi connectivity index (χ4v) is 8.33. The quantitative estimate of drug-likeness (QED) is 0.190. The molecule has 0 amide bonds. The molecule has 0 saturated heterocycles. The first-order valence-corrected chi connectivity index (χ1v) is 17.5. The Bertz CT molecular complexity index is 2980. The lowest BCUT2D eigenvalue weighted by atomic mass is 10.0. The summed E-state index contributed by atoms with van der Waals surface area (Å²) in [5, 5.41) is 4.93. The number of nitrogens with zero attached hydrogens (tertiary/aromatic N) is 4. The maximum absolute atomic E-state index is 4.92. The Balaban J connectivity index is 1.08. The van der Waals surface area contributed by atoms with E-state index in [0.717, 1.165) is 34.7 Å². The summed E-state index contributed by atoms with van der Waals surface area (Å²) in [6, 6.07) is 59.3. The maximum atomic E-state index is 4.92. The molecule has 1 aliphatic rings. The summed E-state index contributed by atoms with van der Waals surface area (Å²) in [4.78, 5) is 9.67. The lowest BCUT2D eigenvalue weighted by molar-refractivity contribution is 1.00. The third-order valence-corrected chi connectivity index (χ3v) is 10.7. The highest BCUT2D eigenvalue weighted by Gasteiger charge is 2.26. The van der Waals surface area contributed by atoms with Gasteiger partial charge in [0.05, 0.1) is 27.8 Å². The molecule has 0 unspecified atom stereocenters. The Morgan fingerprint density at radius 2 is 1.02 bits per heavy atom. The van der Waals surface area contributed by atoms with Crippen molar-refractivity contribution in [3.63, 3.8) is 0 Å². The van der Waals surface area contributed by atoms with Gasteiger partial charge in [0, 0.05) is 44.8 Å². The van der Waals surface area contributed by atoms with Crippen molar-refractivity contribution < 1.29 is 0 Å². The average Bonchev–Trinajstić information content (AvgIpc) is 3.86. The van der Waals surface area contributed by atoms with Gasteiger partial charge in [-0.15, -0.1) is 0 Å². The van der Waals surface area contributed by atoms with E-state index in [1.807, 2.05) is 0 Å². The normalized spacial score (nSPS) is 12.2. The second-order valence-corrected chi connectivity index (χ2v) is 13.4. The molecule has 0 atom stereocenters. The summed E-state index contributed by atoms with van der Waals surface area (Å²) in [5.41, 5.74) is 15.4. The van der Waals surface area contributed by atoms with E-state index in [4.69, 9.17) is 9.97 Å². The number of aromatic nitrogens is 4. The summed E-state index contributed by atoms with van der Waals surface area (Å²) in [6.45, 7) is 0. The Labute approximate surface area is 294 Å². The standard InChI is InChI=1S/C47H30N4/c1-2-10-30(11-3-1)31-18-22-35(23-19-31)50-42-16-8-6-14-37(42)39-24-20-33(28-45(39)50)32-21-25-44-40(26-32)38-15-7-9-17-43(38)51(44)47-41-27-34-12-4-5-13-36(34)46(41)48-29-49-47/h1-26,28-29H,27H2. The van der Waals surface area contributed by atoms with Crippen LogP contribution in [-0.4, -0.2) is 19.1 Å². The number of fused-ring (bicyclic) bond motifs is 9. The lowest BCUT2D eigenvalue weighted by Crippen LogP contribution is -2.03. The van der Waals surface area contributed by atoms with Crippen molar-refractivity contribution in [2.24, 2.45) is 0 Å². The summed E-state index contributed by atoms with van der Waals surface area (Å²) in [6.07, 6.45) is 2.55. The molecule has 0 aliphatic heterocycles. The first-order valence-electron chi connectivity index (χ1n) is 17.5. The van der Waals surface area contributed by atoms with Gasteiger partial charge in [-0.3, -0.25) is 4.57 Å². The lowest BCUT2D eigenvalue weighted by Gasteiger charge is -2.12. The highest BCUT2D eigenvalue weighted by atomic mass is 15.1. The molecule has 238 valence electrons. The van der Waals surface area contributed by atoms with Crippen molar-refractivity contribution in [1.82, 2.24) is 19.1 Å². The summed E-state index contributed by atoms with van der Waals surface area (Å²) < 4.78 is 4.74. The van der Waals surface area contributed by atoms with Gasteiger partial charge in [0.15, 0.2) is 0 Å². The predicted octanol–water partition coefficient (Wildman–Crippen LogP) is 11.6. The number of rotatable bonds is 4. The highest BCUT2D eigenvalue weighted by molar-refractivity contribution is 6.12. The topological polar surface area (TPSA) is 35.6 Å². The molecule has 0 fully saturated rings. The molecule has 0 bridgehead atoms. The van der Waals surface area contributed by atoms with Crippen molar-refractivity contribution in [2.45, 2.75) is 6.42 Å². The van der Waals surface area contributed by atoms with Gasteiger partial charge in [-0.25, -0.2) is 9.97 Å². The Kier molecular flexibility index (Phi) is 5.98. The zero-order valence-electron chi connectivity index (χ0n) is 27.7. The van der Waals surface area contributed by atoms with Crippen LogP contribution >= 0.6 is 0 Å². The van der Waals surface area contributed by atoms with Crippen LogP contribution in [-0.2, 0) is 6.42 Å². The summed E-state index contributed by atoms with van der Waals surface area (Å²) >= 11 is 0. The van der Waals surface area contributed by atoms with Crippen molar-refractivity contribution >= 4 is 43.6 Å². The van der Waals surface area contributed by atoms with Crippen molar-refractivity contribution in [1.29, 1.82) is 0 Å². The first-order chi connectivity index (χ1) is 25.3. The second kappa shape index (κ2) is 10.9. The van der Waals surface area contributed by atoms with Crippen LogP contribution in [0.5, 0.6) is 0 Å². The minimum absolute atomic E-state index is 0.830. The zero-order chi connectivity index (χ0) is 33.5. The third-order valence-electron chi connectivity index (χ3n) is 10.7. The van der Waals surface area contributed by atoms with Crippen LogP contribution in [0.1, 0.15) is 11.1 Å². The van der Waals surface area contributed by atoms with Crippen LogP contribution in [0.2, 0.25) is 0 Å². The predicted molar refractivity (Wildman–Crippen MR) is 210 cm³/mol. The molecule has 0 radical (unpaired) electrons. The largest absolute Gasteiger partial charge is 0.309 e. The Hall–Kier alpha value is -6.78. The number of hydrogen-bond donors (Lipinski definition) is 0. The molecule has 0 saturated carbocycles. The molecule has 7 aromatic carbocycles. The van der Waals surface area contributed by atoms with Gasteiger partial charge >= 0.3 is 0 Å². The summed E-state index contributed by atoms with van der Waals surface area (Å²) in [7, 11) is 0. The van der Waals surface area contributed by atoms with Gasteiger partial charge in [-0.2, -0.15) is 0 Å². The minimum atomic E-state index is 0.830. The van der Waals surface area contributed by atoms with E-state index in [1.165, 1.54) is 71.5 Å². The number of para-hydroxylation sites is 2. The Morgan fingerprint density at radius 3 is 1.86 bits per heavy atom. The fraction of sp³-hybridized carbons (Fsp3) is 0.0213. The molecule has 3 aromatic heterocycles. The van der Waals surface area contributed by atoms with Crippen LogP contribution in [0.25, 0.3) is 88.6 Å². The fourth-order valence-electron chi connectivity index (χ4n) is 8.33. The van der Waals surface area contributed by atoms with E-state index >= 15 is 0 Å². The molecule has 1 aliphatic carbocycles.